The van der Waals surface area contributed by atoms with Crippen LogP contribution < -0.4 is 4.74 Å². The van der Waals surface area contributed by atoms with Crippen molar-refractivity contribution in [2.75, 3.05) is 14.1 Å². The van der Waals surface area contributed by atoms with Crippen LogP contribution in [0.4, 0.5) is 0 Å². The van der Waals surface area contributed by atoms with Gasteiger partial charge in [0, 0.05) is 24.7 Å². The van der Waals surface area contributed by atoms with Crippen LogP contribution in [0.25, 0.3) is 0 Å². The van der Waals surface area contributed by atoms with Gasteiger partial charge in [0.25, 0.3) is 0 Å². The number of nitrogens with zero attached hydrogens (tertiary/aromatic N) is 2. The molecule has 1 N–H and O–H groups in total. The zero-order chi connectivity index (χ0) is 16.9. The Morgan fingerprint density at radius 3 is 2.67 bits per heavy atom. The van der Waals surface area contributed by atoms with Crippen molar-refractivity contribution in [3.05, 3.63) is 58.6 Å². The molecule has 1 aliphatic carbocycles. The number of amidine groups is 1. The third-order valence-electron chi connectivity index (χ3n) is 4.61. The average Bonchev–Trinajstić information content (AvgIpc) is 2.99. The lowest BCUT2D eigenvalue weighted by Crippen LogP contribution is -2.44. The van der Waals surface area contributed by atoms with Gasteiger partial charge >= 0.3 is 0 Å². The smallest absolute Gasteiger partial charge is 0.178 e. The number of ether oxygens (including phenoxy) is 1. The molecule has 6 heteroatoms. The standard InChI is InChI=1S/C18H17ClN2O2S/c1-20-17-21(2)18(22)15-8-7-14(9-11(15)10-16(18)24-17)23-13-5-3-12(19)4-6-13/h3-9,16,22H,10H2,1-2H3. The molecule has 1 heterocycles. The number of benzene rings is 2. The molecule has 2 aromatic rings. The van der Waals surface area contributed by atoms with Gasteiger partial charge in [-0.3, -0.25) is 4.99 Å². The van der Waals surface area contributed by atoms with Gasteiger partial charge in [0.05, 0.1) is 5.25 Å². The van der Waals surface area contributed by atoms with Crippen molar-refractivity contribution in [2.45, 2.75) is 17.4 Å². The summed E-state index contributed by atoms with van der Waals surface area (Å²) < 4.78 is 5.90. The number of aliphatic hydroxyl groups is 1. The van der Waals surface area contributed by atoms with E-state index in [0.29, 0.717) is 5.02 Å². The summed E-state index contributed by atoms with van der Waals surface area (Å²) in [4.78, 5) is 6.13. The Kier molecular flexibility index (Phi) is 3.75. The molecule has 0 amide bonds. The van der Waals surface area contributed by atoms with Crippen molar-refractivity contribution in [1.82, 2.24) is 4.90 Å². The first-order valence-electron chi connectivity index (χ1n) is 7.69. The van der Waals surface area contributed by atoms with Crippen LogP contribution in [-0.4, -0.2) is 34.5 Å². The topological polar surface area (TPSA) is 45.1 Å². The maximum absolute atomic E-state index is 11.2. The second-order valence-corrected chi connectivity index (χ2v) is 7.58. The zero-order valence-electron chi connectivity index (χ0n) is 13.4. The Morgan fingerprint density at radius 1 is 1.25 bits per heavy atom. The predicted octanol–water partition coefficient (Wildman–Crippen LogP) is 3.87. The first-order chi connectivity index (χ1) is 11.5. The second-order valence-electron chi connectivity index (χ2n) is 5.98. The van der Waals surface area contributed by atoms with Crippen LogP contribution in [0.3, 0.4) is 0 Å². The van der Waals surface area contributed by atoms with Crippen LogP contribution in [0, 0.1) is 0 Å². The van der Waals surface area contributed by atoms with Crippen molar-refractivity contribution in [3.63, 3.8) is 0 Å². The Hall–Kier alpha value is -1.69. The monoisotopic (exact) mass is 360 g/mol. The second kappa shape index (κ2) is 5.69. The molecule has 1 aliphatic heterocycles. The van der Waals surface area contributed by atoms with Gasteiger partial charge in [-0.25, -0.2) is 0 Å². The molecule has 124 valence electrons. The third-order valence-corrected chi connectivity index (χ3v) is 6.31. The molecular weight excluding hydrogens is 344 g/mol. The van der Waals surface area contributed by atoms with E-state index in [4.69, 9.17) is 16.3 Å². The molecule has 2 unspecified atom stereocenters. The van der Waals surface area contributed by atoms with E-state index in [1.807, 2.05) is 42.3 Å². The molecule has 2 atom stereocenters. The van der Waals surface area contributed by atoms with E-state index < -0.39 is 5.72 Å². The van der Waals surface area contributed by atoms with E-state index in [2.05, 4.69) is 4.99 Å². The van der Waals surface area contributed by atoms with Crippen molar-refractivity contribution in [3.8, 4) is 11.5 Å². The van der Waals surface area contributed by atoms with Gasteiger partial charge in [-0.05, 0) is 48.4 Å². The molecule has 2 aromatic carbocycles. The molecule has 0 spiro atoms. The van der Waals surface area contributed by atoms with Crippen LogP contribution >= 0.6 is 23.4 Å². The van der Waals surface area contributed by atoms with Crippen molar-refractivity contribution in [2.24, 2.45) is 4.99 Å². The van der Waals surface area contributed by atoms with Gasteiger partial charge in [0.1, 0.15) is 11.5 Å². The molecule has 1 saturated heterocycles. The summed E-state index contributed by atoms with van der Waals surface area (Å²) in [6.45, 7) is 0. The molecule has 24 heavy (non-hydrogen) atoms. The molecule has 2 aliphatic rings. The number of hydrogen-bond donors (Lipinski definition) is 1. The van der Waals surface area contributed by atoms with Gasteiger partial charge in [-0.1, -0.05) is 29.4 Å². The minimum absolute atomic E-state index is 0.0574. The number of aliphatic imine (C=N–C) groups is 1. The molecule has 4 rings (SSSR count). The Labute approximate surface area is 150 Å². The summed E-state index contributed by atoms with van der Waals surface area (Å²) in [6.07, 6.45) is 0.789. The molecule has 0 aromatic heterocycles. The lowest BCUT2D eigenvalue weighted by Gasteiger charge is -2.31. The highest BCUT2D eigenvalue weighted by atomic mass is 35.5. The summed E-state index contributed by atoms with van der Waals surface area (Å²) in [5.41, 5.74) is 1.06. The van der Waals surface area contributed by atoms with Crippen LogP contribution in [-0.2, 0) is 12.1 Å². The molecule has 4 nitrogen and oxygen atoms in total. The number of halogens is 1. The van der Waals surface area contributed by atoms with Gasteiger partial charge in [-0.2, -0.15) is 0 Å². The summed E-state index contributed by atoms with van der Waals surface area (Å²) in [5, 5.41) is 12.8. The average molecular weight is 361 g/mol. The highest BCUT2D eigenvalue weighted by molar-refractivity contribution is 8.14. The number of fused-ring (bicyclic) bond motifs is 3. The van der Waals surface area contributed by atoms with Crippen molar-refractivity contribution < 1.29 is 9.84 Å². The fourth-order valence-corrected chi connectivity index (χ4v) is 4.89. The van der Waals surface area contributed by atoms with Gasteiger partial charge in [0.2, 0.25) is 0 Å². The van der Waals surface area contributed by atoms with Gasteiger partial charge in [-0.15, -0.1) is 0 Å². The fourth-order valence-electron chi connectivity index (χ4n) is 3.39. The van der Waals surface area contributed by atoms with Crippen molar-refractivity contribution in [1.29, 1.82) is 0 Å². The predicted molar refractivity (Wildman–Crippen MR) is 98.1 cm³/mol. The highest BCUT2D eigenvalue weighted by Crippen LogP contribution is 2.51. The maximum atomic E-state index is 11.2. The lowest BCUT2D eigenvalue weighted by molar-refractivity contribution is -0.0496. The van der Waals surface area contributed by atoms with Crippen LogP contribution in [0.1, 0.15) is 11.1 Å². The Balaban J connectivity index is 1.65. The normalized spacial score (nSPS) is 26.6. The van der Waals surface area contributed by atoms with E-state index in [0.717, 1.165) is 34.2 Å². The Bertz CT molecular complexity index is 824. The first-order valence-corrected chi connectivity index (χ1v) is 8.94. The van der Waals surface area contributed by atoms with Gasteiger partial charge < -0.3 is 14.7 Å². The van der Waals surface area contributed by atoms with E-state index in [9.17, 15) is 5.11 Å². The zero-order valence-corrected chi connectivity index (χ0v) is 14.9. The number of rotatable bonds is 2. The molecular formula is C18H17ClN2O2S. The van der Waals surface area contributed by atoms with Crippen LogP contribution in [0.5, 0.6) is 11.5 Å². The maximum Gasteiger partial charge on any atom is 0.178 e. The minimum Gasteiger partial charge on any atom is -0.457 e. The molecule has 0 saturated carbocycles. The summed E-state index contributed by atoms with van der Waals surface area (Å²) in [7, 11) is 3.65. The minimum atomic E-state index is -0.992. The quantitative estimate of drug-likeness (QED) is 0.883. The number of hydrogen-bond acceptors (Lipinski definition) is 4. The Morgan fingerprint density at radius 2 is 1.96 bits per heavy atom. The van der Waals surface area contributed by atoms with Gasteiger partial charge in [0.15, 0.2) is 10.9 Å². The summed E-state index contributed by atoms with van der Waals surface area (Å²) in [5.74, 6) is 1.50. The summed E-state index contributed by atoms with van der Waals surface area (Å²) >= 11 is 7.53. The van der Waals surface area contributed by atoms with Crippen molar-refractivity contribution >= 4 is 28.5 Å². The van der Waals surface area contributed by atoms with Crippen LogP contribution in [0.15, 0.2) is 47.5 Å². The first kappa shape index (κ1) is 15.8. The van der Waals surface area contributed by atoms with E-state index in [1.54, 1.807) is 30.9 Å². The molecule has 1 fully saturated rings. The third kappa shape index (κ3) is 2.31. The van der Waals surface area contributed by atoms with E-state index in [1.165, 1.54) is 0 Å². The number of thioether (sulfide) groups is 1. The molecule has 0 radical (unpaired) electrons. The fraction of sp³-hybridized carbons (Fsp3) is 0.278. The lowest BCUT2D eigenvalue weighted by atomic mass is 10.0. The molecule has 0 bridgehead atoms. The van der Waals surface area contributed by atoms with E-state index >= 15 is 0 Å². The SMILES string of the molecule is CN=C1SC2Cc3cc(Oc4ccc(Cl)cc4)ccc3C2(O)N1C. The van der Waals surface area contributed by atoms with E-state index in [-0.39, 0.29) is 5.25 Å². The largest absolute Gasteiger partial charge is 0.457 e. The highest BCUT2D eigenvalue weighted by Gasteiger charge is 2.55. The summed E-state index contributed by atoms with van der Waals surface area (Å²) in [6, 6.07) is 13.1. The van der Waals surface area contributed by atoms with Crippen LogP contribution in [0.2, 0.25) is 5.02 Å².